The Morgan fingerprint density at radius 2 is 2.33 bits per heavy atom. The van der Waals surface area contributed by atoms with E-state index >= 15 is 0 Å². The molecule has 1 fully saturated rings. The van der Waals surface area contributed by atoms with Crippen molar-refractivity contribution in [3.8, 4) is 6.07 Å². The highest BCUT2D eigenvalue weighted by Gasteiger charge is 2.38. The van der Waals surface area contributed by atoms with E-state index in [0.29, 0.717) is 23.6 Å². The van der Waals surface area contributed by atoms with Crippen molar-refractivity contribution in [1.82, 2.24) is 0 Å². The largest absolute Gasteiger partial charge is 0.379 e. The molecule has 2 heterocycles. The molecule has 1 atom stereocenters. The van der Waals surface area contributed by atoms with Gasteiger partial charge in [-0.1, -0.05) is 0 Å². The number of nitrogens with zero attached hydrogens (tertiary/aromatic N) is 1. The van der Waals surface area contributed by atoms with Crippen molar-refractivity contribution < 1.29 is 9.53 Å². The van der Waals surface area contributed by atoms with Crippen LogP contribution in [0.3, 0.4) is 0 Å². The molecule has 0 aromatic carbocycles. The predicted molar refractivity (Wildman–Crippen MR) is 69.5 cm³/mol. The van der Waals surface area contributed by atoms with Crippen molar-refractivity contribution in [2.45, 2.75) is 25.8 Å². The maximum atomic E-state index is 12.1. The zero-order valence-corrected chi connectivity index (χ0v) is 11.2. The molecule has 0 saturated carbocycles. The number of carbonyl (C=O) groups is 1. The van der Waals surface area contributed by atoms with E-state index < -0.39 is 5.54 Å². The summed E-state index contributed by atoms with van der Waals surface area (Å²) < 4.78 is 5.16. The van der Waals surface area contributed by atoms with Crippen LogP contribution in [0.25, 0.3) is 0 Å². The van der Waals surface area contributed by atoms with Gasteiger partial charge in [0, 0.05) is 11.5 Å². The molecule has 3 N–H and O–H groups in total. The van der Waals surface area contributed by atoms with Crippen LogP contribution in [0.5, 0.6) is 0 Å². The molecule has 1 aliphatic rings. The predicted octanol–water partition coefficient (Wildman–Crippen LogP) is 1.29. The van der Waals surface area contributed by atoms with Crippen LogP contribution in [0.4, 0.5) is 5.00 Å². The van der Waals surface area contributed by atoms with Gasteiger partial charge in [0.15, 0.2) is 0 Å². The van der Waals surface area contributed by atoms with Crippen LogP contribution in [-0.2, 0) is 9.53 Å². The molecule has 2 rings (SSSR count). The summed E-state index contributed by atoms with van der Waals surface area (Å²) in [5.74, 6) is -0.280. The lowest BCUT2D eigenvalue weighted by Gasteiger charge is -2.20. The Morgan fingerprint density at radius 1 is 1.61 bits per heavy atom. The van der Waals surface area contributed by atoms with E-state index in [4.69, 9.17) is 15.7 Å². The lowest BCUT2D eigenvalue weighted by Crippen LogP contribution is -2.51. The van der Waals surface area contributed by atoms with Crippen LogP contribution in [-0.4, -0.2) is 24.7 Å². The number of thiophene rings is 1. The number of rotatable bonds is 2. The Labute approximate surface area is 110 Å². The standard InChI is InChI=1S/C12H15N3O2S/c1-7-8(2)18-10(9(7)5-13)15-11(16)12(14)3-4-17-6-12/h3-4,6,14H2,1-2H3,(H,15,16). The molecule has 1 unspecified atom stereocenters. The highest BCUT2D eigenvalue weighted by Crippen LogP contribution is 2.32. The normalized spacial score (nSPS) is 22.8. The van der Waals surface area contributed by atoms with Crippen molar-refractivity contribution in [2.75, 3.05) is 18.5 Å². The Balaban J connectivity index is 2.22. The van der Waals surface area contributed by atoms with Crippen LogP contribution >= 0.6 is 11.3 Å². The molecule has 18 heavy (non-hydrogen) atoms. The number of nitriles is 1. The minimum absolute atomic E-state index is 0.226. The molecule has 1 aromatic heterocycles. The number of nitrogens with one attached hydrogen (secondary N) is 1. The van der Waals surface area contributed by atoms with E-state index in [1.165, 1.54) is 11.3 Å². The number of carbonyl (C=O) groups excluding carboxylic acids is 1. The van der Waals surface area contributed by atoms with Gasteiger partial charge in [-0.3, -0.25) is 4.79 Å². The zero-order chi connectivity index (χ0) is 13.3. The molecule has 1 aromatic rings. The quantitative estimate of drug-likeness (QED) is 0.843. The first kappa shape index (κ1) is 13.0. The maximum absolute atomic E-state index is 12.1. The van der Waals surface area contributed by atoms with E-state index in [1.807, 2.05) is 13.8 Å². The highest BCUT2D eigenvalue weighted by molar-refractivity contribution is 7.16. The van der Waals surface area contributed by atoms with Crippen molar-refractivity contribution in [3.63, 3.8) is 0 Å². The third-order valence-electron chi connectivity index (χ3n) is 3.23. The molecular weight excluding hydrogens is 250 g/mol. The second-order valence-electron chi connectivity index (χ2n) is 4.51. The molecule has 0 spiro atoms. The minimum Gasteiger partial charge on any atom is -0.379 e. The van der Waals surface area contributed by atoms with Crippen LogP contribution in [0.2, 0.25) is 0 Å². The van der Waals surface area contributed by atoms with Gasteiger partial charge in [0.1, 0.15) is 16.6 Å². The smallest absolute Gasteiger partial charge is 0.247 e. The number of amides is 1. The van der Waals surface area contributed by atoms with Gasteiger partial charge in [0.2, 0.25) is 5.91 Å². The Morgan fingerprint density at radius 3 is 2.89 bits per heavy atom. The zero-order valence-electron chi connectivity index (χ0n) is 10.4. The molecule has 6 heteroatoms. The summed E-state index contributed by atoms with van der Waals surface area (Å²) in [7, 11) is 0. The van der Waals surface area contributed by atoms with Gasteiger partial charge >= 0.3 is 0 Å². The average molecular weight is 265 g/mol. The van der Waals surface area contributed by atoms with Crippen molar-refractivity contribution in [2.24, 2.45) is 5.73 Å². The van der Waals surface area contributed by atoms with Crippen LogP contribution in [0.1, 0.15) is 22.4 Å². The van der Waals surface area contributed by atoms with Crippen LogP contribution in [0, 0.1) is 25.2 Å². The fourth-order valence-electron chi connectivity index (χ4n) is 1.84. The molecule has 1 saturated heterocycles. The Kier molecular flexibility index (Phi) is 3.39. The van der Waals surface area contributed by atoms with E-state index in [-0.39, 0.29) is 12.5 Å². The summed E-state index contributed by atoms with van der Waals surface area (Å²) in [4.78, 5) is 13.1. The highest BCUT2D eigenvalue weighted by atomic mass is 32.1. The molecule has 0 aliphatic carbocycles. The van der Waals surface area contributed by atoms with Gasteiger partial charge in [-0.2, -0.15) is 5.26 Å². The first-order valence-electron chi connectivity index (χ1n) is 5.66. The third kappa shape index (κ3) is 2.12. The van der Waals surface area contributed by atoms with Crippen LogP contribution in [0.15, 0.2) is 0 Å². The summed E-state index contributed by atoms with van der Waals surface area (Å²) in [5, 5.41) is 12.4. The monoisotopic (exact) mass is 265 g/mol. The summed E-state index contributed by atoms with van der Waals surface area (Å²) in [6.07, 6.45) is 0.504. The average Bonchev–Trinajstić information content (AvgIpc) is 2.87. The number of hydrogen-bond acceptors (Lipinski definition) is 5. The summed E-state index contributed by atoms with van der Waals surface area (Å²) >= 11 is 1.40. The van der Waals surface area contributed by atoms with E-state index in [9.17, 15) is 4.79 Å². The van der Waals surface area contributed by atoms with Crippen LogP contribution < -0.4 is 11.1 Å². The summed E-state index contributed by atoms with van der Waals surface area (Å²) in [6, 6.07) is 2.12. The van der Waals surface area contributed by atoms with Gasteiger partial charge in [0.05, 0.1) is 12.2 Å². The maximum Gasteiger partial charge on any atom is 0.247 e. The minimum atomic E-state index is -0.974. The SMILES string of the molecule is Cc1sc(NC(=O)C2(N)CCOC2)c(C#N)c1C. The lowest BCUT2D eigenvalue weighted by molar-refractivity contribution is -0.121. The number of ether oxygens (including phenoxy) is 1. The topological polar surface area (TPSA) is 88.1 Å². The molecule has 1 aliphatic heterocycles. The fourth-order valence-corrected chi connectivity index (χ4v) is 2.84. The molecule has 96 valence electrons. The number of nitrogens with two attached hydrogens (primary N) is 1. The summed E-state index contributed by atoms with van der Waals surface area (Å²) in [6.45, 7) is 4.52. The first-order chi connectivity index (χ1) is 8.48. The van der Waals surface area contributed by atoms with Gasteiger partial charge in [0.25, 0.3) is 0 Å². The van der Waals surface area contributed by atoms with Crippen molar-refractivity contribution >= 4 is 22.2 Å². The fraction of sp³-hybridized carbons (Fsp3) is 0.500. The molecule has 5 nitrogen and oxygen atoms in total. The van der Waals surface area contributed by atoms with Gasteiger partial charge < -0.3 is 15.8 Å². The van der Waals surface area contributed by atoms with E-state index in [1.54, 1.807) is 0 Å². The van der Waals surface area contributed by atoms with Gasteiger partial charge in [-0.15, -0.1) is 11.3 Å². The molecule has 0 bridgehead atoms. The second-order valence-corrected chi connectivity index (χ2v) is 5.74. The Hall–Kier alpha value is -1.42. The van der Waals surface area contributed by atoms with Gasteiger partial charge in [-0.05, 0) is 25.8 Å². The van der Waals surface area contributed by atoms with E-state index in [2.05, 4.69) is 11.4 Å². The van der Waals surface area contributed by atoms with Gasteiger partial charge in [-0.25, -0.2) is 0 Å². The van der Waals surface area contributed by atoms with Crippen molar-refractivity contribution in [3.05, 3.63) is 16.0 Å². The third-order valence-corrected chi connectivity index (χ3v) is 4.35. The number of hydrogen-bond donors (Lipinski definition) is 2. The second kappa shape index (κ2) is 4.69. The molecule has 1 amide bonds. The summed E-state index contributed by atoms with van der Waals surface area (Å²) in [5.41, 5.74) is 6.43. The molecule has 0 radical (unpaired) electrons. The number of anilines is 1. The number of aryl methyl sites for hydroxylation is 1. The first-order valence-corrected chi connectivity index (χ1v) is 6.48. The van der Waals surface area contributed by atoms with Crippen molar-refractivity contribution in [1.29, 1.82) is 5.26 Å². The molecular formula is C12H15N3O2S. The van der Waals surface area contributed by atoms with E-state index in [0.717, 1.165) is 10.4 Å². The Bertz CT molecular complexity index is 524. The lowest BCUT2D eigenvalue weighted by atomic mass is 9.99.